The van der Waals surface area contributed by atoms with Crippen LogP contribution in [-0.4, -0.2) is 30.9 Å². The first-order valence-electron chi connectivity index (χ1n) is 6.18. The molecule has 18 heavy (non-hydrogen) atoms. The van der Waals surface area contributed by atoms with Gasteiger partial charge in [-0.1, -0.05) is 6.07 Å². The topological polar surface area (TPSA) is 55.8 Å². The normalized spacial score (nSPS) is 18.2. The van der Waals surface area contributed by atoms with Crippen molar-refractivity contribution in [1.29, 1.82) is 0 Å². The molecule has 2 rings (SSSR count). The van der Waals surface area contributed by atoms with Crippen LogP contribution >= 0.6 is 0 Å². The number of carbonyl (C=O) groups excluding carboxylic acids is 1. The van der Waals surface area contributed by atoms with Crippen molar-refractivity contribution in [3.8, 4) is 5.75 Å². The van der Waals surface area contributed by atoms with E-state index >= 15 is 0 Å². The van der Waals surface area contributed by atoms with Gasteiger partial charge < -0.3 is 14.6 Å². The summed E-state index contributed by atoms with van der Waals surface area (Å²) < 4.78 is 10.2. The number of methoxy groups -OCH3 is 1. The summed E-state index contributed by atoms with van der Waals surface area (Å²) in [7, 11) is 1.38. The number of phenolic OH excluding ortho intramolecular Hbond substituents is 1. The zero-order valence-corrected chi connectivity index (χ0v) is 10.5. The summed E-state index contributed by atoms with van der Waals surface area (Å²) in [5.74, 6) is 0.0786. The molecule has 0 heterocycles. The third-order valence-electron chi connectivity index (χ3n) is 3.26. The van der Waals surface area contributed by atoms with Crippen molar-refractivity contribution in [2.75, 3.05) is 13.7 Å². The smallest absolute Gasteiger partial charge is 0.307 e. The van der Waals surface area contributed by atoms with Gasteiger partial charge in [0.05, 0.1) is 26.2 Å². The van der Waals surface area contributed by atoms with Gasteiger partial charge in [0.2, 0.25) is 0 Å². The van der Waals surface area contributed by atoms with Crippen LogP contribution in [0.15, 0.2) is 18.2 Å². The predicted molar refractivity (Wildman–Crippen MR) is 66.5 cm³/mol. The molecule has 98 valence electrons. The maximum absolute atomic E-state index is 11.0. The number of rotatable bonds is 4. The van der Waals surface area contributed by atoms with Crippen LogP contribution in [0.5, 0.6) is 5.75 Å². The van der Waals surface area contributed by atoms with Gasteiger partial charge in [-0.2, -0.15) is 0 Å². The zero-order valence-electron chi connectivity index (χ0n) is 10.5. The molecule has 1 aliphatic rings. The molecule has 4 nitrogen and oxygen atoms in total. The van der Waals surface area contributed by atoms with Crippen LogP contribution < -0.4 is 0 Å². The molecule has 1 N–H and O–H groups in total. The van der Waals surface area contributed by atoms with Gasteiger partial charge in [-0.05, 0) is 42.5 Å². The third kappa shape index (κ3) is 3.23. The third-order valence-corrected chi connectivity index (χ3v) is 3.26. The Morgan fingerprint density at radius 3 is 3.06 bits per heavy atom. The largest absolute Gasteiger partial charge is 0.508 e. The van der Waals surface area contributed by atoms with Crippen LogP contribution in [0.25, 0.3) is 0 Å². The lowest BCUT2D eigenvalue weighted by Crippen LogP contribution is -2.23. The number of fused-ring (bicyclic) bond motifs is 1. The van der Waals surface area contributed by atoms with Crippen LogP contribution in [0.1, 0.15) is 24.0 Å². The molecule has 1 atom stereocenters. The Balaban J connectivity index is 1.84. The van der Waals surface area contributed by atoms with E-state index in [4.69, 9.17) is 4.74 Å². The van der Waals surface area contributed by atoms with Gasteiger partial charge in [0, 0.05) is 0 Å². The quantitative estimate of drug-likeness (QED) is 0.828. The molecule has 0 spiro atoms. The molecule has 1 unspecified atom stereocenters. The summed E-state index contributed by atoms with van der Waals surface area (Å²) >= 11 is 0. The summed E-state index contributed by atoms with van der Waals surface area (Å²) in [6, 6.07) is 5.47. The second kappa shape index (κ2) is 5.87. The summed E-state index contributed by atoms with van der Waals surface area (Å²) in [6.07, 6.45) is 3.14. The van der Waals surface area contributed by atoms with E-state index in [1.54, 1.807) is 6.07 Å². The van der Waals surface area contributed by atoms with Crippen molar-refractivity contribution < 1.29 is 19.4 Å². The predicted octanol–water partition coefficient (Wildman–Crippen LogP) is 1.83. The Hall–Kier alpha value is -1.55. The SMILES string of the molecule is COC(=O)CCOC1CCc2cc(O)ccc2C1. The van der Waals surface area contributed by atoms with Gasteiger partial charge in [-0.15, -0.1) is 0 Å². The van der Waals surface area contributed by atoms with Crippen molar-refractivity contribution in [2.45, 2.75) is 31.8 Å². The Morgan fingerprint density at radius 2 is 2.28 bits per heavy atom. The molecular formula is C14H18O4. The fraction of sp³-hybridized carbons (Fsp3) is 0.500. The van der Waals surface area contributed by atoms with Crippen molar-refractivity contribution in [1.82, 2.24) is 0 Å². The molecule has 0 saturated heterocycles. The molecule has 1 aliphatic carbocycles. The van der Waals surface area contributed by atoms with Crippen molar-refractivity contribution in [3.63, 3.8) is 0 Å². The van der Waals surface area contributed by atoms with Crippen LogP contribution in [0, 0.1) is 0 Å². The van der Waals surface area contributed by atoms with Gasteiger partial charge in [0.15, 0.2) is 0 Å². The minimum Gasteiger partial charge on any atom is -0.508 e. The van der Waals surface area contributed by atoms with Crippen LogP contribution in [0.4, 0.5) is 0 Å². The van der Waals surface area contributed by atoms with E-state index < -0.39 is 0 Å². The summed E-state index contributed by atoms with van der Waals surface area (Å²) in [5, 5.41) is 9.40. The molecule has 1 aromatic carbocycles. The van der Waals surface area contributed by atoms with Crippen LogP contribution in [-0.2, 0) is 27.1 Å². The van der Waals surface area contributed by atoms with E-state index in [2.05, 4.69) is 4.74 Å². The Labute approximate surface area is 107 Å². The van der Waals surface area contributed by atoms with Crippen molar-refractivity contribution >= 4 is 5.97 Å². The second-order valence-electron chi connectivity index (χ2n) is 4.51. The van der Waals surface area contributed by atoms with Crippen molar-refractivity contribution in [3.05, 3.63) is 29.3 Å². The number of benzene rings is 1. The van der Waals surface area contributed by atoms with E-state index in [1.165, 1.54) is 18.2 Å². The summed E-state index contributed by atoms with van der Waals surface area (Å²) in [5.41, 5.74) is 2.42. The molecule has 1 aromatic rings. The number of phenols is 1. The van der Waals surface area contributed by atoms with E-state index in [0.29, 0.717) is 18.8 Å². The maximum Gasteiger partial charge on any atom is 0.307 e. The van der Waals surface area contributed by atoms with Crippen molar-refractivity contribution in [2.24, 2.45) is 0 Å². The number of ether oxygens (including phenoxy) is 2. The Morgan fingerprint density at radius 1 is 1.44 bits per heavy atom. The average molecular weight is 250 g/mol. The number of hydrogen-bond acceptors (Lipinski definition) is 4. The molecule has 0 fully saturated rings. The maximum atomic E-state index is 11.0. The molecule has 0 aliphatic heterocycles. The van der Waals surface area contributed by atoms with Gasteiger partial charge in [0.1, 0.15) is 5.75 Å². The van der Waals surface area contributed by atoms with Gasteiger partial charge in [-0.25, -0.2) is 0 Å². The first-order valence-corrected chi connectivity index (χ1v) is 6.18. The van der Waals surface area contributed by atoms with E-state index in [-0.39, 0.29) is 12.1 Å². The fourth-order valence-corrected chi connectivity index (χ4v) is 2.26. The van der Waals surface area contributed by atoms with E-state index in [1.807, 2.05) is 12.1 Å². The lowest BCUT2D eigenvalue weighted by molar-refractivity contribution is -0.142. The number of esters is 1. The Bertz CT molecular complexity index is 428. The van der Waals surface area contributed by atoms with Gasteiger partial charge in [0.25, 0.3) is 0 Å². The molecule has 0 aromatic heterocycles. The first kappa shape index (κ1) is 12.9. The number of aromatic hydroxyl groups is 1. The highest BCUT2D eigenvalue weighted by atomic mass is 16.5. The molecular weight excluding hydrogens is 232 g/mol. The minimum absolute atomic E-state index is 0.159. The monoisotopic (exact) mass is 250 g/mol. The lowest BCUT2D eigenvalue weighted by atomic mass is 9.89. The second-order valence-corrected chi connectivity index (χ2v) is 4.51. The molecule has 0 saturated carbocycles. The highest BCUT2D eigenvalue weighted by Crippen LogP contribution is 2.26. The molecule has 0 amide bonds. The number of hydrogen-bond donors (Lipinski definition) is 1. The summed E-state index contributed by atoms with van der Waals surface area (Å²) in [4.78, 5) is 11.0. The lowest BCUT2D eigenvalue weighted by Gasteiger charge is -2.24. The van der Waals surface area contributed by atoms with Crippen LogP contribution in [0.2, 0.25) is 0 Å². The van der Waals surface area contributed by atoms with E-state index in [9.17, 15) is 9.90 Å². The van der Waals surface area contributed by atoms with Crippen LogP contribution in [0.3, 0.4) is 0 Å². The number of carbonyl (C=O) groups is 1. The molecule has 0 radical (unpaired) electrons. The van der Waals surface area contributed by atoms with Gasteiger partial charge >= 0.3 is 5.97 Å². The minimum atomic E-state index is -0.240. The van der Waals surface area contributed by atoms with E-state index in [0.717, 1.165) is 19.3 Å². The molecule has 0 bridgehead atoms. The average Bonchev–Trinajstić information content (AvgIpc) is 2.38. The van der Waals surface area contributed by atoms with Gasteiger partial charge in [-0.3, -0.25) is 4.79 Å². The Kier molecular flexibility index (Phi) is 4.20. The fourth-order valence-electron chi connectivity index (χ4n) is 2.26. The zero-order chi connectivity index (χ0) is 13.0. The number of aryl methyl sites for hydroxylation is 1. The summed E-state index contributed by atoms with van der Waals surface area (Å²) in [6.45, 7) is 0.407. The highest BCUT2D eigenvalue weighted by molar-refractivity contribution is 5.69. The molecule has 4 heteroatoms. The standard InChI is InChI=1S/C14H18O4/c1-17-14(16)6-7-18-13-5-3-10-8-12(15)4-2-11(10)9-13/h2,4,8,13,15H,3,5-7,9H2,1H3. The highest BCUT2D eigenvalue weighted by Gasteiger charge is 2.19. The first-order chi connectivity index (χ1) is 8.69.